The number of unbranched alkanes of at least 4 members (excludes halogenated alkanes) is 1. The average Bonchev–Trinajstić information content (AvgIpc) is 3.56. The molecule has 39 heavy (non-hydrogen) atoms. The summed E-state index contributed by atoms with van der Waals surface area (Å²) in [5, 5.41) is 11.0. The van der Waals surface area contributed by atoms with E-state index in [4.69, 9.17) is 9.47 Å². The summed E-state index contributed by atoms with van der Waals surface area (Å²) >= 11 is 0. The van der Waals surface area contributed by atoms with Crippen molar-refractivity contribution in [2.75, 3.05) is 13.7 Å². The number of aliphatic hydroxyl groups excluding tert-OH is 1. The maximum atomic E-state index is 11.4. The van der Waals surface area contributed by atoms with Crippen molar-refractivity contribution in [1.82, 2.24) is 0 Å². The van der Waals surface area contributed by atoms with Crippen molar-refractivity contribution >= 4 is 5.97 Å². The van der Waals surface area contributed by atoms with Crippen LogP contribution in [0.3, 0.4) is 0 Å². The zero-order chi connectivity index (χ0) is 27.1. The molecule has 4 heteroatoms. The van der Waals surface area contributed by atoms with Crippen LogP contribution in [0.15, 0.2) is 78.9 Å². The number of methoxy groups -OCH3 is 1. The van der Waals surface area contributed by atoms with Crippen molar-refractivity contribution < 1.29 is 19.4 Å². The molecule has 2 bridgehead atoms. The van der Waals surface area contributed by atoms with Crippen LogP contribution in [0.5, 0.6) is 0 Å². The largest absolute Gasteiger partial charge is 0.469 e. The number of benzene rings is 2. The maximum Gasteiger partial charge on any atom is 0.305 e. The molecule has 2 aromatic carbocycles. The summed E-state index contributed by atoms with van der Waals surface area (Å²) in [6.07, 6.45) is 18.9. The molecule has 5 rings (SSSR count). The van der Waals surface area contributed by atoms with Gasteiger partial charge in [-0.25, -0.2) is 0 Å². The number of hydrogen-bond acceptors (Lipinski definition) is 4. The third-order valence-corrected chi connectivity index (χ3v) is 9.49. The molecule has 1 saturated heterocycles. The minimum atomic E-state index is -0.361. The summed E-state index contributed by atoms with van der Waals surface area (Å²) < 4.78 is 11.2. The fraction of sp³-hybridized carbons (Fsp3) is 0.514. The Morgan fingerprint density at radius 3 is 2.54 bits per heavy atom. The number of carbonyl (C=O) groups is 1. The van der Waals surface area contributed by atoms with Crippen LogP contribution in [0.4, 0.5) is 0 Å². The second-order valence-corrected chi connectivity index (χ2v) is 11.8. The number of esters is 1. The van der Waals surface area contributed by atoms with Crippen molar-refractivity contribution in [3.63, 3.8) is 0 Å². The average molecular weight is 529 g/mol. The Kier molecular flexibility index (Phi) is 9.36. The Hall–Kier alpha value is -2.69. The van der Waals surface area contributed by atoms with E-state index in [1.807, 2.05) is 0 Å². The van der Waals surface area contributed by atoms with Gasteiger partial charge in [0.25, 0.3) is 0 Å². The predicted molar refractivity (Wildman–Crippen MR) is 156 cm³/mol. The molecule has 208 valence electrons. The van der Waals surface area contributed by atoms with E-state index in [2.05, 4.69) is 78.9 Å². The number of aliphatic hydroxyl groups is 1. The lowest BCUT2D eigenvalue weighted by molar-refractivity contribution is -0.140. The fourth-order valence-electron chi connectivity index (χ4n) is 7.25. The summed E-state index contributed by atoms with van der Waals surface area (Å²) in [6.45, 7) is 0.749. The van der Waals surface area contributed by atoms with Crippen LogP contribution in [-0.2, 0) is 19.7 Å². The molecule has 2 saturated carbocycles. The second-order valence-electron chi connectivity index (χ2n) is 11.8. The van der Waals surface area contributed by atoms with E-state index in [0.29, 0.717) is 18.3 Å². The number of fused-ring (bicyclic) bond motifs is 2. The number of hydrogen-bond donors (Lipinski definition) is 1. The van der Waals surface area contributed by atoms with Gasteiger partial charge in [0.1, 0.15) is 0 Å². The van der Waals surface area contributed by atoms with Crippen molar-refractivity contribution in [2.45, 2.75) is 81.8 Å². The Balaban J connectivity index is 1.34. The molecule has 0 aromatic heterocycles. The summed E-state index contributed by atoms with van der Waals surface area (Å²) in [5.74, 6) is 0.937. The summed E-state index contributed by atoms with van der Waals surface area (Å²) in [5.41, 5.74) is 3.80. The Bertz CT molecular complexity index is 1120. The lowest BCUT2D eigenvalue weighted by Crippen LogP contribution is -2.39. The third kappa shape index (κ3) is 6.39. The Morgan fingerprint density at radius 1 is 1.05 bits per heavy atom. The molecule has 0 radical (unpaired) electrons. The van der Waals surface area contributed by atoms with Gasteiger partial charge in [-0.05, 0) is 67.1 Å². The van der Waals surface area contributed by atoms with E-state index < -0.39 is 0 Å². The Labute approximate surface area is 234 Å². The lowest BCUT2D eigenvalue weighted by atomic mass is 9.69. The molecule has 1 aliphatic heterocycles. The minimum Gasteiger partial charge on any atom is -0.469 e. The van der Waals surface area contributed by atoms with Gasteiger partial charge < -0.3 is 14.6 Å². The maximum absolute atomic E-state index is 11.4. The van der Waals surface area contributed by atoms with Gasteiger partial charge in [0, 0.05) is 17.8 Å². The van der Waals surface area contributed by atoms with E-state index in [0.717, 1.165) is 45.1 Å². The first-order valence-corrected chi connectivity index (χ1v) is 15.0. The van der Waals surface area contributed by atoms with Gasteiger partial charge in [0.2, 0.25) is 0 Å². The van der Waals surface area contributed by atoms with E-state index in [-0.39, 0.29) is 29.5 Å². The molecule has 3 fully saturated rings. The normalized spacial score (nSPS) is 27.9. The van der Waals surface area contributed by atoms with Crippen LogP contribution >= 0.6 is 0 Å². The number of ether oxygens (including phenoxy) is 2. The van der Waals surface area contributed by atoms with Crippen LogP contribution in [-0.4, -0.2) is 37.0 Å². The second kappa shape index (κ2) is 13.1. The van der Waals surface area contributed by atoms with Crippen molar-refractivity contribution in [2.24, 2.45) is 17.8 Å². The molecule has 1 heterocycles. The number of carbonyl (C=O) groups excluding carboxylic acids is 1. The summed E-state index contributed by atoms with van der Waals surface area (Å²) in [7, 11) is 1.44. The molecule has 0 amide bonds. The molecular weight excluding hydrogens is 484 g/mol. The zero-order valence-corrected chi connectivity index (χ0v) is 23.3. The third-order valence-electron chi connectivity index (χ3n) is 9.49. The zero-order valence-electron chi connectivity index (χ0n) is 23.3. The highest BCUT2D eigenvalue weighted by molar-refractivity contribution is 5.69. The molecule has 5 atom stereocenters. The smallest absolute Gasteiger partial charge is 0.305 e. The summed E-state index contributed by atoms with van der Waals surface area (Å²) in [4.78, 5) is 11.4. The molecule has 3 aliphatic rings. The Morgan fingerprint density at radius 2 is 1.79 bits per heavy atom. The molecule has 4 nitrogen and oxygen atoms in total. The van der Waals surface area contributed by atoms with Crippen LogP contribution < -0.4 is 0 Å². The molecule has 1 N–H and O–H groups in total. The van der Waals surface area contributed by atoms with Gasteiger partial charge in [-0.2, -0.15) is 0 Å². The van der Waals surface area contributed by atoms with Crippen molar-refractivity contribution in [1.29, 1.82) is 0 Å². The van der Waals surface area contributed by atoms with Crippen LogP contribution in [0.1, 0.15) is 69.8 Å². The highest BCUT2D eigenvalue weighted by Crippen LogP contribution is 2.57. The molecular formula is C35H44O4. The first-order valence-electron chi connectivity index (χ1n) is 15.0. The van der Waals surface area contributed by atoms with Gasteiger partial charge in [-0.15, -0.1) is 0 Å². The van der Waals surface area contributed by atoms with Crippen molar-refractivity contribution in [3.8, 4) is 11.1 Å². The highest BCUT2D eigenvalue weighted by atomic mass is 16.5. The molecule has 2 aromatic rings. The van der Waals surface area contributed by atoms with Crippen LogP contribution in [0, 0.1) is 17.8 Å². The highest BCUT2D eigenvalue weighted by Gasteiger charge is 2.58. The fourth-order valence-corrected chi connectivity index (χ4v) is 7.25. The van der Waals surface area contributed by atoms with E-state index in [9.17, 15) is 9.90 Å². The number of allylic oxidation sites excluding steroid dienone is 2. The lowest BCUT2D eigenvalue weighted by Gasteiger charge is -2.38. The van der Waals surface area contributed by atoms with Gasteiger partial charge in [0.05, 0.1) is 25.9 Å². The van der Waals surface area contributed by atoms with Crippen molar-refractivity contribution in [3.05, 3.63) is 84.5 Å². The quantitative estimate of drug-likeness (QED) is 0.187. The minimum absolute atomic E-state index is 0.0267. The standard InChI is InChI=1S/C35H44O4/c1-38-34(37)17-11-3-2-10-16-31-30(22-23-32(36)28-14-8-5-9-15-28)33-24-35(31,25-39-33)29-20-18-27(19-21-29)26-12-6-4-7-13-26/h2,4,6-7,10,12-13,18-23,28,30-33,36H,3,5,8-9,11,14-17,24-25H2,1H3/t30-,31-,32-,33-,35-/m0/s1. The van der Waals surface area contributed by atoms with Gasteiger partial charge >= 0.3 is 5.97 Å². The van der Waals surface area contributed by atoms with Gasteiger partial charge in [-0.3, -0.25) is 4.79 Å². The first kappa shape index (κ1) is 27.9. The number of rotatable bonds is 11. The van der Waals surface area contributed by atoms with Crippen LogP contribution in [0.25, 0.3) is 11.1 Å². The van der Waals surface area contributed by atoms with Gasteiger partial charge in [0.15, 0.2) is 0 Å². The van der Waals surface area contributed by atoms with E-state index in [1.54, 1.807) is 0 Å². The molecule has 2 aliphatic carbocycles. The van der Waals surface area contributed by atoms with Crippen LogP contribution in [0.2, 0.25) is 0 Å². The SMILES string of the molecule is COC(=O)CCCC=CC[C@H]1[C@H](C=C[C@H](O)C2CCCCC2)[C@@H]2C[C@@]1(c1ccc(-c3ccccc3)cc1)CO2. The van der Waals surface area contributed by atoms with Gasteiger partial charge in [-0.1, -0.05) is 98.2 Å². The first-order chi connectivity index (χ1) is 19.1. The molecule has 0 unspecified atom stereocenters. The predicted octanol–water partition coefficient (Wildman–Crippen LogP) is 7.41. The monoisotopic (exact) mass is 528 g/mol. The van der Waals surface area contributed by atoms with E-state index in [1.165, 1.54) is 43.1 Å². The topological polar surface area (TPSA) is 55.8 Å². The molecule has 0 spiro atoms. The summed E-state index contributed by atoms with van der Waals surface area (Å²) in [6, 6.07) is 19.7. The van der Waals surface area contributed by atoms with E-state index >= 15 is 0 Å².